The summed E-state index contributed by atoms with van der Waals surface area (Å²) in [5.41, 5.74) is 1.87. The summed E-state index contributed by atoms with van der Waals surface area (Å²) in [5, 5.41) is 27.1. The van der Waals surface area contributed by atoms with Crippen molar-refractivity contribution in [1.29, 1.82) is 0 Å². The fourth-order valence-corrected chi connectivity index (χ4v) is 8.09. The van der Waals surface area contributed by atoms with E-state index in [1.54, 1.807) is 111 Å². The maximum Gasteiger partial charge on any atom is 0.238 e. The molecule has 276 valence electrons. The number of carbonyl (C=O) groups excluding carboxylic acids is 2. The maximum absolute atomic E-state index is 15.7. The van der Waals surface area contributed by atoms with Crippen LogP contribution in [0.25, 0.3) is 0 Å². The molecule has 5 rings (SSSR count). The molecule has 4 aromatic rings. The molecule has 4 N–H and O–H groups in total. The van der Waals surface area contributed by atoms with Gasteiger partial charge in [0, 0.05) is 22.3 Å². The molecule has 10 nitrogen and oxygen atoms in total. The molecule has 2 amide bonds. The minimum atomic E-state index is -2.04. The topological polar surface area (TPSA) is 141 Å². The van der Waals surface area contributed by atoms with Gasteiger partial charge in [0.1, 0.15) is 39.6 Å². The highest BCUT2D eigenvalue weighted by Gasteiger charge is 2.57. The average Bonchev–Trinajstić information content (AvgIpc) is 3.20. The first-order chi connectivity index (χ1) is 25.0. The van der Waals surface area contributed by atoms with Crippen LogP contribution >= 0.6 is 0 Å². The molecule has 2 atom stereocenters. The first kappa shape index (κ1) is 38.2. The van der Waals surface area contributed by atoms with Crippen molar-refractivity contribution in [2.24, 2.45) is 11.1 Å². The molecule has 52 heavy (non-hydrogen) atoms. The number of benzene rings is 4. The van der Waals surface area contributed by atoms with Crippen LogP contribution in [0.4, 0.5) is 0 Å². The Kier molecular flexibility index (Phi) is 11.5. The van der Waals surface area contributed by atoms with Gasteiger partial charge in [-0.05, 0) is 51.0 Å². The first-order valence-corrected chi connectivity index (χ1v) is 17.6. The Bertz CT molecular complexity index is 1660. The lowest BCUT2D eigenvalue weighted by molar-refractivity contribution is -0.167. The number of hydrogen-bond acceptors (Lipinski definition) is 8. The van der Waals surface area contributed by atoms with Crippen molar-refractivity contribution >= 4 is 11.8 Å². The molecule has 0 radical (unpaired) electrons. The van der Waals surface area contributed by atoms with Crippen molar-refractivity contribution < 1.29 is 38.7 Å². The van der Waals surface area contributed by atoms with Crippen LogP contribution in [0.1, 0.15) is 68.2 Å². The van der Waals surface area contributed by atoms with Gasteiger partial charge in [0.2, 0.25) is 11.8 Å². The number of methoxy groups -OCH3 is 4. The molecule has 0 bridgehead atoms. The van der Waals surface area contributed by atoms with E-state index < -0.39 is 40.5 Å². The number of carbonyl (C=O) groups is 2. The van der Waals surface area contributed by atoms with Gasteiger partial charge in [-0.25, -0.2) is 0 Å². The second kappa shape index (κ2) is 15.7. The van der Waals surface area contributed by atoms with E-state index in [-0.39, 0.29) is 12.8 Å². The smallest absolute Gasteiger partial charge is 0.238 e. The van der Waals surface area contributed by atoms with Crippen molar-refractivity contribution in [1.82, 2.24) is 4.90 Å². The van der Waals surface area contributed by atoms with Crippen LogP contribution in [-0.2, 0) is 20.8 Å². The summed E-state index contributed by atoms with van der Waals surface area (Å²) >= 11 is 0. The first-order valence-electron chi connectivity index (χ1n) is 17.6. The van der Waals surface area contributed by atoms with Crippen LogP contribution in [0, 0.1) is 5.41 Å². The predicted molar refractivity (Wildman–Crippen MR) is 198 cm³/mol. The minimum absolute atomic E-state index is 0.223. The van der Waals surface area contributed by atoms with E-state index in [0.717, 1.165) is 6.42 Å². The van der Waals surface area contributed by atoms with Gasteiger partial charge in [0.25, 0.3) is 0 Å². The van der Waals surface area contributed by atoms with E-state index in [1.807, 2.05) is 0 Å². The normalized spacial score (nSPS) is 15.5. The quantitative estimate of drug-likeness (QED) is 0.137. The zero-order chi connectivity index (χ0) is 37.7. The summed E-state index contributed by atoms with van der Waals surface area (Å²) in [6.45, 7) is 3.41. The van der Waals surface area contributed by atoms with Gasteiger partial charge in [0.05, 0.1) is 40.5 Å². The summed E-state index contributed by atoms with van der Waals surface area (Å²) in [5.74, 6) is 0.0678. The lowest BCUT2D eigenvalue weighted by Crippen LogP contribution is -2.65. The predicted octanol–water partition coefficient (Wildman–Crippen LogP) is 5.93. The summed E-state index contributed by atoms with van der Waals surface area (Å²) in [6, 6.07) is 25.6. The standard InChI is InChI=1S/C42H50N2O8/c1-28(41(47,30-18-8-12-22-34(30)49-3)31-19-9-13-23-35(31)50-4)44(39(46)40(38(43)45)26-16-7-17-27-40)29(2)42(48,32-20-10-14-24-36(32)51-5)33-21-11-15-25-37(33)52-6/h8-15,18-25,28-29,47-48H,7,16-17,26-27H2,1-6H3,(H2,43,45). The zero-order valence-corrected chi connectivity index (χ0v) is 30.8. The average molecular weight is 711 g/mol. The molecule has 0 aliphatic heterocycles. The highest BCUT2D eigenvalue weighted by Crippen LogP contribution is 2.50. The van der Waals surface area contributed by atoms with Crippen LogP contribution in [0.5, 0.6) is 23.0 Å². The van der Waals surface area contributed by atoms with E-state index in [4.69, 9.17) is 24.7 Å². The Morgan fingerprint density at radius 2 is 0.885 bits per heavy atom. The number of primary amides is 1. The molecular formula is C42H50N2O8. The van der Waals surface area contributed by atoms with Crippen LogP contribution in [0.3, 0.4) is 0 Å². The number of amides is 2. The second-order valence-electron chi connectivity index (χ2n) is 13.4. The Labute approximate surface area is 306 Å². The molecule has 2 unspecified atom stereocenters. The van der Waals surface area contributed by atoms with Crippen molar-refractivity contribution in [3.8, 4) is 23.0 Å². The third-order valence-electron chi connectivity index (χ3n) is 10.9. The molecule has 1 saturated carbocycles. The third-order valence-corrected chi connectivity index (χ3v) is 10.9. The number of nitrogens with zero attached hydrogens (tertiary/aromatic N) is 1. The molecule has 0 saturated heterocycles. The minimum Gasteiger partial charge on any atom is -0.496 e. The van der Waals surface area contributed by atoms with E-state index in [2.05, 4.69) is 0 Å². The Balaban J connectivity index is 1.90. The number of rotatable bonds is 14. The monoisotopic (exact) mass is 710 g/mol. The summed E-state index contributed by atoms with van der Waals surface area (Å²) in [7, 11) is 6.02. The van der Waals surface area contributed by atoms with Gasteiger partial charge < -0.3 is 39.8 Å². The fraction of sp³-hybridized carbons (Fsp3) is 0.381. The molecule has 1 fully saturated rings. The second-order valence-corrected chi connectivity index (χ2v) is 13.4. The van der Waals surface area contributed by atoms with E-state index >= 15 is 4.79 Å². The number of para-hydroxylation sites is 4. The van der Waals surface area contributed by atoms with Gasteiger partial charge in [-0.2, -0.15) is 0 Å². The molecule has 0 heterocycles. The Hall–Kier alpha value is -5.06. The fourth-order valence-electron chi connectivity index (χ4n) is 8.09. The van der Waals surface area contributed by atoms with Crippen LogP contribution < -0.4 is 24.7 Å². The molecule has 4 aromatic carbocycles. The number of ether oxygens (including phenoxy) is 4. The summed E-state index contributed by atoms with van der Waals surface area (Å²) in [6.07, 6.45) is 2.50. The Morgan fingerprint density at radius 3 is 1.15 bits per heavy atom. The van der Waals surface area contributed by atoms with Gasteiger partial charge in [-0.1, -0.05) is 92.1 Å². The van der Waals surface area contributed by atoms with Crippen LogP contribution in [0.15, 0.2) is 97.1 Å². The van der Waals surface area contributed by atoms with Crippen molar-refractivity contribution in [2.75, 3.05) is 28.4 Å². The molecule has 1 aliphatic carbocycles. The van der Waals surface area contributed by atoms with Gasteiger partial charge >= 0.3 is 0 Å². The largest absolute Gasteiger partial charge is 0.496 e. The molecule has 0 aromatic heterocycles. The van der Waals surface area contributed by atoms with Crippen molar-refractivity contribution in [3.05, 3.63) is 119 Å². The van der Waals surface area contributed by atoms with Crippen LogP contribution in [0.2, 0.25) is 0 Å². The highest BCUT2D eigenvalue weighted by atomic mass is 16.5. The summed E-state index contributed by atoms with van der Waals surface area (Å²) in [4.78, 5) is 30.7. The summed E-state index contributed by atoms with van der Waals surface area (Å²) < 4.78 is 23.3. The molecule has 10 heteroatoms. The van der Waals surface area contributed by atoms with Gasteiger partial charge in [0.15, 0.2) is 0 Å². The number of hydrogen-bond donors (Lipinski definition) is 3. The molecule has 1 aliphatic rings. The van der Waals surface area contributed by atoms with Crippen LogP contribution in [-0.4, -0.2) is 67.5 Å². The molecular weight excluding hydrogens is 660 g/mol. The van der Waals surface area contributed by atoms with Crippen molar-refractivity contribution in [2.45, 2.75) is 69.2 Å². The van der Waals surface area contributed by atoms with Crippen molar-refractivity contribution in [3.63, 3.8) is 0 Å². The highest BCUT2D eigenvalue weighted by molar-refractivity contribution is 6.05. The van der Waals surface area contributed by atoms with E-state index in [9.17, 15) is 15.0 Å². The lowest BCUT2D eigenvalue weighted by atomic mass is 9.69. The Morgan fingerprint density at radius 1 is 0.596 bits per heavy atom. The van der Waals surface area contributed by atoms with E-state index in [1.165, 1.54) is 33.3 Å². The third kappa shape index (κ3) is 6.34. The lowest BCUT2D eigenvalue weighted by Gasteiger charge is -2.52. The number of nitrogens with two attached hydrogens (primary N) is 1. The van der Waals surface area contributed by atoms with Gasteiger partial charge in [-0.15, -0.1) is 0 Å². The van der Waals surface area contributed by atoms with Gasteiger partial charge in [-0.3, -0.25) is 9.59 Å². The number of aliphatic hydroxyl groups is 2. The zero-order valence-electron chi connectivity index (χ0n) is 30.8. The SMILES string of the molecule is COc1ccccc1C(O)(c1ccccc1OC)C(C)N(C(=O)C1(C(N)=O)CCCCC1)C(C)C(O)(c1ccccc1OC)c1ccccc1OC. The maximum atomic E-state index is 15.7. The molecule has 0 spiro atoms. The van der Waals surface area contributed by atoms with E-state index in [0.29, 0.717) is 58.1 Å².